The highest BCUT2D eigenvalue weighted by Gasteiger charge is 2.13. The molecule has 0 aliphatic carbocycles. The van der Waals surface area contributed by atoms with Gasteiger partial charge in [-0.1, -0.05) is 27.5 Å². The lowest BCUT2D eigenvalue weighted by atomic mass is 10.2. The molecule has 1 amide bonds. The third kappa shape index (κ3) is 3.23. The van der Waals surface area contributed by atoms with Gasteiger partial charge in [-0.25, -0.2) is 0 Å². The number of ether oxygens (including phenoxy) is 1. The molecule has 0 aliphatic rings. The van der Waals surface area contributed by atoms with E-state index in [-0.39, 0.29) is 5.91 Å². The molecule has 0 saturated heterocycles. The summed E-state index contributed by atoms with van der Waals surface area (Å²) in [5.41, 5.74) is 7.11. The molecule has 20 heavy (non-hydrogen) atoms. The number of hydrogen-bond donors (Lipinski definition) is 2. The van der Waals surface area contributed by atoms with Gasteiger partial charge in [0.15, 0.2) is 0 Å². The predicted octanol–water partition coefficient (Wildman–Crippen LogP) is 3.95. The van der Waals surface area contributed by atoms with Crippen molar-refractivity contribution in [2.45, 2.75) is 0 Å². The van der Waals surface area contributed by atoms with Gasteiger partial charge in [-0.05, 0) is 36.4 Å². The Morgan fingerprint density at radius 3 is 2.70 bits per heavy atom. The average Bonchev–Trinajstić information content (AvgIpc) is 2.42. The van der Waals surface area contributed by atoms with Crippen LogP contribution in [0.4, 0.5) is 11.4 Å². The van der Waals surface area contributed by atoms with E-state index < -0.39 is 0 Å². The van der Waals surface area contributed by atoms with E-state index in [1.54, 1.807) is 36.4 Å². The molecular weight excluding hydrogens is 344 g/mol. The van der Waals surface area contributed by atoms with Gasteiger partial charge in [0.2, 0.25) is 0 Å². The summed E-state index contributed by atoms with van der Waals surface area (Å²) in [6.07, 6.45) is 0. The monoisotopic (exact) mass is 354 g/mol. The smallest absolute Gasteiger partial charge is 0.259 e. The van der Waals surface area contributed by atoms with Crippen LogP contribution in [0.5, 0.6) is 5.75 Å². The summed E-state index contributed by atoms with van der Waals surface area (Å²) in [7, 11) is 1.51. The molecule has 0 aliphatic heterocycles. The quantitative estimate of drug-likeness (QED) is 0.820. The zero-order chi connectivity index (χ0) is 14.7. The fourth-order valence-electron chi connectivity index (χ4n) is 1.67. The van der Waals surface area contributed by atoms with Gasteiger partial charge < -0.3 is 15.8 Å². The normalized spacial score (nSPS) is 10.2. The first-order valence-electron chi connectivity index (χ1n) is 5.71. The highest BCUT2D eigenvalue weighted by Crippen LogP contribution is 2.26. The number of rotatable bonds is 3. The van der Waals surface area contributed by atoms with Crippen molar-refractivity contribution in [3.8, 4) is 5.75 Å². The van der Waals surface area contributed by atoms with Crippen LogP contribution in [0.15, 0.2) is 40.9 Å². The minimum atomic E-state index is -0.281. The molecule has 0 radical (unpaired) electrons. The highest BCUT2D eigenvalue weighted by atomic mass is 79.9. The lowest BCUT2D eigenvalue weighted by Gasteiger charge is -2.10. The number of amides is 1. The summed E-state index contributed by atoms with van der Waals surface area (Å²) in [4.78, 5) is 12.2. The Kier molecular flexibility index (Phi) is 4.52. The molecule has 0 aromatic heterocycles. The van der Waals surface area contributed by atoms with Crippen LogP contribution in [0.25, 0.3) is 0 Å². The van der Waals surface area contributed by atoms with Crippen LogP contribution in [-0.4, -0.2) is 13.0 Å². The van der Waals surface area contributed by atoms with E-state index in [4.69, 9.17) is 22.1 Å². The standard InChI is InChI=1S/C14H12BrClN2O2/c1-20-13-6-8(15)2-4-10(13)14(19)18-9-3-5-11(16)12(17)7-9/h2-7H,17H2,1H3,(H,18,19). The number of nitrogens with one attached hydrogen (secondary N) is 1. The number of carbonyl (C=O) groups excluding carboxylic acids is 1. The molecule has 0 atom stereocenters. The van der Waals surface area contributed by atoms with Gasteiger partial charge >= 0.3 is 0 Å². The molecular formula is C14H12BrClN2O2. The summed E-state index contributed by atoms with van der Waals surface area (Å²) in [6, 6.07) is 10.1. The van der Waals surface area contributed by atoms with Gasteiger partial charge in [0.05, 0.1) is 23.4 Å². The molecule has 2 rings (SSSR count). The number of benzene rings is 2. The second-order valence-corrected chi connectivity index (χ2v) is 5.36. The second-order valence-electron chi connectivity index (χ2n) is 4.04. The number of hydrogen-bond acceptors (Lipinski definition) is 3. The van der Waals surface area contributed by atoms with Gasteiger partial charge in [-0.2, -0.15) is 0 Å². The van der Waals surface area contributed by atoms with E-state index in [9.17, 15) is 4.79 Å². The first-order valence-corrected chi connectivity index (χ1v) is 6.88. The van der Waals surface area contributed by atoms with Crippen molar-refractivity contribution >= 4 is 44.8 Å². The average molecular weight is 356 g/mol. The lowest BCUT2D eigenvalue weighted by molar-refractivity contribution is 0.102. The van der Waals surface area contributed by atoms with Crippen LogP contribution in [-0.2, 0) is 0 Å². The Bertz CT molecular complexity index is 662. The van der Waals surface area contributed by atoms with Crippen LogP contribution in [0, 0.1) is 0 Å². The Labute approximate surface area is 130 Å². The summed E-state index contributed by atoms with van der Waals surface area (Å²) >= 11 is 9.16. The molecule has 0 saturated carbocycles. The van der Waals surface area contributed by atoms with Gasteiger partial charge in [0.1, 0.15) is 5.75 Å². The van der Waals surface area contributed by atoms with Crippen molar-refractivity contribution in [1.29, 1.82) is 0 Å². The minimum Gasteiger partial charge on any atom is -0.496 e. The minimum absolute atomic E-state index is 0.281. The van der Waals surface area contributed by atoms with Crippen molar-refractivity contribution in [3.63, 3.8) is 0 Å². The third-order valence-corrected chi connectivity index (χ3v) is 3.50. The number of nitrogen functional groups attached to an aromatic ring is 1. The molecule has 0 bridgehead atoms. The van der Waals surface area contributed by atoms with Crippen molar-refractivity contribution in [2.75, 3.05) is 18.2 Å². The fourth-order valence-corrected chi connectivity index (χ4v) is 2.13. The zero-order valence-electron chi connectivity index (χ0n) is 10.6. The maximum absolute atomic E-state index is 12.2. The molecule has 2 aromatic rings. The fraction of sp³-hybridized carbons (Fsp3) is 0.0714. The van der Waals surface area contributed by atoms with Gasteiger partial charge in [-0.3, -0.25) is 4.79 Å². The zero-order valence-corrected chi connectivity index (χ0v) is 13.0. The molecule has 0 unspecified atom stereocenters. The number of methoxy groups -OCH3 is 1. The summed E-state index contributed by atoms with van der Waals surface area (Å²) in [5.74, 6) is 0.204. The highest BCUT2D eigenvalue weighted by molar-refractivity contribution is 9.10. The second kappa shape index (κ2) is 6.15. The van der Waals surface area contributed by atoms with Crippen molar-refractivity contribution in [2.24, 2.45) is 0 Å². The van der Waals surface area contributed by atoms with Crippen LogP contribution in [0.1, 0.15) is 10.4 Å². The third-order valence-electron chi connectivity index (χ3n) is 2.66. The Balaban J connectivity index is 2.25. The van der Waals surface area contributed by atoms with Gasteiger partial charge in [-0.15, -0.1) is 0 Å². The molecule has 2 aromatic carbocycles. The van der Waals surface area contributed by atoms with Crippen molar-refractivity contribution in [3.05, 3.63) is 51.5 Å². The van der Waals surface area contributed by atoms with E-state index in [2.05, 4.69) is 21.2 Å². The predicted molar refractivity (Wildman–Crippen MR) is 84.5 cm³/mol. The van der Waals surface area contributed by atoms with Crippen molar-refractivity contribution in [1.82, 2.24) is 0 Å². The molecule has 4 nitrogen and oxygen atoms in total. The Morgan fingerprint density at radius 2 is 2.05 bits per heavy atom. The van der Waals surface area contributed by atoms with E-state index in [0.717, 1.165) is 4.47 Å². The molecule has 104 valence electrons. The number of nitrogens with two attached hydrogens (primary N) is 1. The van der Waals surface area contributed by atoms with Crippen LogP contribution in [0.2, 0.25) is 5.02 Å². The molecule has 0 heterocycles. The number of carbonyl (C=O) groups is 1. The first-order chi connectivity index (χ1) is 9.51. The van der Waals surface area contributed by atoms with E-state index in [0.29, 0.717) is 27.7 Å². The van der Waals surface area contributed by atoms with E-state index >= 15 is 0 Å². The van der Waals surface area contributed by atoms with E-state index in [1.807, 2.05) is 0 Å². The SMILES string of the molecule is COc1cc(Br)ccc1C(=O)Nc1ccc(Cl)c(N)c1. The van der Waals surface area contributed by atoms with E-state index in [1.165, 1.54) is 7.11 Å². The lowest BCUT2D eigenvalue weighted by Crippen LogP contribution is -2.13. The van der Waals surface area contributed by atoms with Gasteiger partial charge in [0.25, 0.3) is 5.91 Å². The van der Waals surface area contributed by atoms with Crippen molar-refractivity contribution < 1.29 is 9.53 Å². The number of anilines is 2. The summed E-state index contributed by atoms with van der Waals surface area (Å²) in [6.45, 7) is 0. The topological polar surface area (TPSA) is 64.3 Å². The Hall–Kier alpha value is -1.72. The summed E-state index contributed by atoms with van der Waals surface area (Å²) in [5, 5.41) is 3.20. The summed E-state index contributed by atoms with van der Waals surface area (Å²) < 4.78 is 6.03. The van der Waals surface area contributed by atoms with Crippen LogP contribution >= 0.6 is 27.5 Å². The molecule has 3 N–H and O–H groups in total. The largest absolute Gasteiger partial charge is 0.496 e. The van der Waals surface area contributed by atoms with Gasteiger partial charge in [0, 0.05) is 10.2 Å². The maximum Gasteiger partial charge on any atom is 0.259 e. The number of halogens is 2. The molecule has 0 fully saturated rings. The van der Waals surface area contributed by atoms with Crippen LogP contribution in [0.3, 0.4) is 0 Å². The maximum atomic E-state index is 12.2. The molecule has 6 heteroatoms. The molecule has 0 spiro atoms. The van der Waals surface area contributed by atoms with Crippen LogP contribution < -0.4 is 15.8 Å². The first kappa shape index (κ1) is 14.7. The Morgan fingerprint density at radius 1 is 1.30 bits per heavy atom.